The average molecular weight is 259 g/mol. The summed E-state index contributed by atoms with van der Waals surface area (Å²) in [4.78, 5) is 4.48. The third-order valence-electron chi connectivity index (χ3n) is 2.22. The molecule has 0 bridgehead atoms. The molecule has 1 aliphatic rings. The summed E-state index contributed by atoms with van der Waals surface area (Å²) in [6.07, 6.45) is 0.549. The number of sulfonamides is 1. The van der Waals surface area contributed by atoms with Gasteiger partial charge in [-0.2, -0.15) is 12.8 Å². The fraction of sp³-hybridized carbons (Fsp3) is 0.444. The van der Waals surface area contributed by atoms with Crippen LogP contribution in [0.15, 0.2) is 21.3 Å². The Bertz CT molecular complexity index is 531. The van der Waals surface area contributed by atoms with E-state index >= 15 is 0 Å². The van der Waals surface area contributed by atoms with Gasteiger partial charge in [-0.3, -0.25) is 0 Å². The van der Waals surface area contributed by atoms with Crippen molar-refractivity contribution < 1.29 is 8.42 Å². The number of thiophene rings is 1. The highest BCUT2D eigenvalue weighted by Crippen LogP contribution is 2.36. The molecule has 0 saturated carbocycles. The van der Waals surface area contributed by atoms with Gasteiger partial charge in [-0.25, -0.2) is 10.8 Å². The largest absolute Gasteiger partial charge is 0.281 e. The predicted octanol–water partition coefficient (Wildman–Crippen LogP) is 1.70. The molecule has 0 aromatic carbocycles. The van der Waals surface area contributed by atoms with E-state index in [9.17, 15) is 8.42 Å². The lowest BCUT2D eigenvalue weighted by Crippen LogP contribution is -2.44. The fourth-order valence-corrected chi connectivity index (χ4v) is 3.81. The van der Waals surface area contributed by atoms with Crippen molar-refractivity contribution in [3.05, 3.63) is 11.4 Å². The maximum absolute atomic E-state index is 12.0. The zero-order valence-electron chi connectivity index (χ0n) is 9.04. The molecule has 0 radical (unpaired) electrons. The minimum atomic E-state index is -3.58. The van der Waals surface area contributed by atoms with Crippen LogP contribution < -0.4 is 5.84 Å². The quantitative estimate of drug-likeness (QED) is 0.821. The molecule has 0 fully saturated rings. The number of nitrogens with two attached hydrogens (primary N) is 1. The minimum Gasteiger partial charge on any atom is -0.232 e. The highest BCUT2D eigenvalue weighted by Gasteiger charge is 2.32. The van der Waals surface area contributed by atoms with E-state index in [1.807, 2.05) is 13.8 Å². The fourth-order valence-electron chi connectivity index (χ4n) is 1.48. The second-order valence-corrected chi connectivity index (χ2v) is 6.69. The van der Waals surface area contributed by atoms with E-state index < -0.39 is 10.0 Å². The van der Waals surface area contributed by atoms with Gasteiger partial charge in [0.05, 0.1) is 0 Å². The van der Waals surface area contributed by atoms with Gasteiger partial charge >= 0.3 is 0 Å². The molecule has 0 atom stereocenters. The van der Waals surface area contributed by atoms with Crippen molar-refractivity contribution in [3.63, 3.8) is 0 Å². The third-order valence-corrected chi connectivity index (χ3v) is 4.77. The van der Waals surface area contributed by atoms with Gasteiger partial charge < -0.3 is 0 Å². The third kappa shape index (κ3) is 1.74. The average Bonchev–Trinajstić information content (AvgIpc) is 2.62. The van der Waals surface area contributed by atoms with Gasteiger partial charge in [0.15, 0.2) is 0 Å². The maximum Gasteiger partial charge on any atom is 0.281 e. The number of hydrogen-bond acceptors (Lipinski definition) is 5. The van der Waals surface area contributed by atoms with Crippen molar-refractivity contribution in [2.75, 3.05) is 0 Å². The normalized spacial score (nSPS) is 18.5. The van der Waals surface area contributed by atoms with E-state index in [-0.39, 0.29) is 4.90 Å². The van der Waals surface area contributed by atoms with Gasteiger partial charge in [-0.1, -0.05) is 13.8 Å². The van der Waals surface area contributed by atoms with Crippen molar-refractivity contribution in [1.29, 1.82) is 0 Å². The van der Waals surface area contributed by atoms with Crippen molar-refractivity contribution in [1.82, 2.24) is 4.41 Å². The topological polar surface area (TPSA) is 75.8 Å². The van der Waals surface area contributed by atoms with E-state index in [1.165, 1.54) is 17.4 Å². The Labute approximate surface area is 98.6 Å². The van der Waals surface area contributed by atoms with Crippen molar-refractivity contribution in [2.45, 2.75) is 25.2 Å². The molecule has 0 amide bonds. The second-order valence-electron chi connectivity index (χ2n) is 4.02. The number of hydrazine groups is 1. The number of fused-ring (bicyclic) bond motifs is 1. The van der Waals surface area contributed by atoms with Gasteiger partial charge in [0.25, 0.3) is 10.0 Å². The van der Waals surface area contributed by atoms with Crippen LogP contribution >= 0.6 is 11.3 Å². The van der Waals surface area contributed by atoms with E-state index in [0.29, 0.717) is 23.2 Å². The van der Waals surface area contributed by atoms with Gasteiger partial charge in [-0.05, 0) is 17.4 Å². The lowest BCUT2D eigenvalue weighted by Gasteiger charge is -2.24. The molecular formula is C9H13N3O2S2. The first kappa shape index (κ1) is 11.6. The zero-order valence-corrected chi connectivity index (χ0v) is 10.7. The lowest BCUT2D eigenvalue weighted by molar-refractivity contribution is 0.516. The molecule has 1 aromatic rings. The highest BCUT2D eigenvalue weighted by atomic mass is 32.2. The molecule has 0 spiro atoms. The van der Waals surface area contributed by atoms with Crippen LogP contribution in [-0.4, -0.2) is 18.7 Å². The van der Waals surface area contributed by atoms with Crippen LogP contribution in [0, 0.1) is 5.92 Å². The highest BCUT2D eigenvalue weighted by molar-refractivity contribution is 7.90. The summed E-state index contributed by atoms with van der Waals surface area (Å²) in [5.41, 5.74) is 0. The van der Waals surface area contributed by atoms with Crippen LogP contribution in [0.25, 0.3) is 0 Å². The summed E-state index contributed by atoms with van der Waals surface area (Å²) in [7, 11) is -3.58. The standard InChI is InChI=1S/C9H13N3O2S2/c1-6(2)5-8-11-9-7(3-4-15-9)16(13,14)12(8)10/h3-4,6H,5,10H2,1-2H3. The maximum atomic E-state index is 12.0. The van der Waals surface area contributed by atoms with Gasteiger partial charge in [-0.15, -0.1) is 11.3 Å². The monoisotopic (exact) mass is 259 g/mol. The first-order valence-electron chi connectivity index (χ1n) is 4.88. The van der Waals surface area contributed by atoms with Crippen molar-refractivity contribution in [3.8, 4) is 0 Å². The van der Waals surface area contributed by atoms with Crippen LogP contribution in [0.1, 0.15) is 20.3 Å². The molecule has 7 heteroatoms. The molecule has 0 aliphatic carbocycles. The number of hydrogen-bond donors (Lipinski definition) is 1. The van der Waals surface area contributed by atoms with Crippen molar-refractivity contribution >= 4 is 32.2 Å². The Morgan fingerprint density at radius 2 is 2.25 bits per heavy atom. The van der Waals surface area contributed by atoms with E-state index in [0.717, 1.165) is 4.41 Å². The lowest BCUT2D eigenvalue weighted by atomic mass is 10.1. The van der Waals surface area contributed by atoms with Crippen LogP contribution in [-0.2, 0) is 10.0 Å². The van der Waals surface area contributed by atoms with Gasteiger partial charge in [0.2, 0.25) is 0 Å². The van der Waals surface area contributed by atoms with E-state index in [1.54, 1.807) is 5.38 Å². The molecule has 0 saturated heterocycles. The molecule has 1 aliphatic heterocycles. The number of nitrogens with zero attached hydrogens (tertiary/aromatic N) is 2. The first-order valence-corrected chi connectivity index (χ1v) is 7.20. The van der Waals surface area contributed by atoms with Crippen LogP contribution in [0.5, 0.6) is 0 Å². The summed E-state index contributed by atoms with van der Waals surface area (Å²) in [6, 6.07) is 1.53. The molecular weight excluding hydrogens is 246 g/mol. The Morgan fingerprint density at radius 1 is 1.56 bits per heavy atom. The summed E-state index contributed by atoms with van der Waals surface area (Å²) < 4.78 is 24.8. The summed E-state index contributed by atoms with van der Waals surface area (Å²) in [5.74, 6) is 6.31. The number of amidine groups is 1. The van der Waals surface area contributed by atoms with Crippen molar-refractivity contribution in [2.24, 2.45) is 16.8 Å². The molecule has 2 heterocycles. The second kappa shape index (κ2) is 3.83. The van der Waals surface area contributed by atoms with Gasteiger partial charge in [0, 0.05) is 6.42 Å². The predicted molar refractivity (Wildman–Crippen MR) is 64.1 cm³/mol. The Balaban J connectivity index is 2.52. The molecule has 2 N–H and O–H groups in total. The molecule has 0 unspecified atom stereocenters. The summed E-state index contributed by atoms with van der Waals surface area (Å²) in [6.45, 7) is 3.99. The van der Waals surface area contributed by atoms with Crippen LogP contribution in [0.2, 0.25) is 0 Å². The van der Waals surface area contributed by atoms with Gasteiger partial charge in [0.1, 0.15) is 15.7 Å². The SMILES string of the molecule is CC(C)CC1=Nc2sccc2S(=O)(=O)N1N. The molecule has 88 valence electrons. The molecule has 5 nitrogen and oxygen atoms in total. The number of aliphatic imine (C=N–C) groups is 1. The smallest absolute Gasteiger partial charge is 0.232 e. The van der Waals surface area contributed by atoms with E-state index in [4.69, 9.17) is 5.84 Å². The molecule has 2 rings (SSSR count). The minimum absolute atomic E-state index is 0.201. The molecule has 16 heavy (non-hydrogen) atoms. The Morgan fingerprint density at radius 3 is 2.88 bits per heavy atom. The van der Waals surface area contributed by atoms with Crippen LogP contribution in [0.4, 0.5) is 5.00 Å². The van der Waals surface area contributed by atoms with Crippen LogP contribution in [0.3, 0.4) is 0 Å². The molecule has 1 aromatic heterocycles. The Kier molecular flexibility index (Phi) is 2.77. The summed E-state index contributed by atoms with van der Waals surface area (Å²) >= 11 is 1.31. The summed E-state index contributed by atoms with van der Waals surface area (Å²) in [5, 5.41) is 2.23. The number of rotatable bonds is 2. The Hall–Kier alpha value is -0.920. The van der Waals surface area contributed by atoms with E-state index in [2.05, 4.69) is 4.99 Å². The zero-order chi connectivity index (χ0) is 11.9. The first-order chi connectivity index (χ1) is 7.43.